The van der Waals surface area contributed by atoms with Crippen molar-refractivity contribution in [3.63, 3.8) is 0 Å². The molecule has 0 bridgehead atoms. The molecular formula is C14H21F3N4O2. The van der Waals surface area contributed by atoms with E-state index in [2.05, 4.69) is 19.6 Å². The van der Waals surface area contributed by atoms with Gasteiger partial charge >= 0.3 is 6.18 Å². The summed E-state index contributed by atoms with van der Waals surface area (Å²) in [5.41, 5.74) is 0. The van der Waals surface area contributed by atoms with E-state index < -0.39 is 12.8 Å². The van der Waals surface area contributed by atoms with E-state index in [1.54, 1.807) is 12.3 Å². The maximum absolute atomic E-state index is 12.0. The van der Waals surface area contributed by atoms with Crippen LogP contribution in [0.1, 0.15) is 6.92 Å². The van der Waals surface area contributed by atoms with Crippen molar-refractivity contribution < 1.29 is 22.6 Å². The standard InChI is InChI=1S/C14H21F3N4O2/c1-2-23-12-3-4-18-13(19-12)21-7-5-20(6-8-21)9-10-22-11-14(15,16)17/h3-4H,2,5-11H2,1H3. The smallest absolute Gasteiger partial charge is 0.411 e. The summed E-state index contributed by atoms with van der Waals surface area (Å²) in [6, 6.07) is 1.71. The molecule has 6 nitrogen and oxygen atoms in total. The number of rotatable bonds is 7. The average molecular weight is 334 g/mol. The van der Waals surface area contributed by atoms with Crippen LogP contribution in [0, 0.1) is 0 Å². The molecule has 23 heavy (non-hydrogen) atoms. The van der Waals surface area contributed by atoms with Gasteiger partial charge in [0, 0.05) is 45.0 Å². The topological polar surface area (TPSA) is 50.7 Å². The molecule has 0 amide bonds. The Morgan fingerprint density at radius 2 is 1.96 bits per heavy atom. The molecule has 1 aliphatic heterocycles. The highest BCUT2D eigenvalue weighted by Crippen LogP contribution is 2.16. The number of ether oxygens (including phenoxy) is 2. The van der Waals surface area contributed by atoms with Gasteiger partial charge in [-0.15, -0.1) is 0 Å². The van der Waals surface area contributed by atoms with Crippen LogP contribution in [0.2, 0.25) is 0 Å². The second kappa shape index (κ2) is 8.30. The molecule has 0 spiro atoms. The first-order valence-corrected chi connectivity index (χ1v) is 7.55. The van der Waals surface area contributed by atoms with Crippen LogP contribution in [0.25, 0.3) is 0 Å². The van der Waals surface area contributed by atoms with Crippen LogP contribution >= 0.6 is 0 Å². The first-order valence-electron chi connectivity index (χ1n) is 7.55. The highest BCUT2D eigenvalue weighted by Gasteiger charge is 2.27. The fourth-order valence-electron chi connectivity index (χ4n) is 2.27. The lowest BCUT2D eigenvalue weighted by Crippen LogP contribution is -2.48. The van der Waals surface area contributed by atoms with E-state index in [0.29, 0.717) is 25.0 Å². The Balaban J connectivity index is 1.72. The third-order valence-corrected chi connectivity index (χ3v) is 3.38. The van der Waals surface area contributed by atoms with Crippen LogP contribution in [0.3, 0.4) is 0 Å². The highest BCUT2D eigenvalue weighted by molar-refractivity contribution is 5.32. The second-order valence-electron chi connectivity index (χ2n) is 5.12. The molecule has 2 heterocycles. The zero-order chi connectivity index (χ0) is 16.7. The van der Waals surface area contributed by atoms with E-state index in [0.717, 1.165) is 26.2 Å². The molecule has 0 unspecified atom stereocenters. The van der Waals surface area contributed by atoms with Crippen molar-refractivity contribution in [3.8, 4) is 5.88 Å². The molecule has 1 aromatic heterocycles. The summed E-state index contributed by atoms with van der Waals surface area (Å²) in [6.45, 7) is 4.72. The van der Waals surface area contributed by atoms with E-state index >= 15 is 0 Å². The molecular weight excluding hydrogens is 313 g/mol. The van der Waals surface area contributed by atoms with Gasteiger partial charge in [0.05, 0.1) is 13.2 Å². The summed E-state index contributed by atoms with van der Waals surface area (Å²) in [6.07, 6.45) is -2.60. The van der Waals surface area contributed by atoms with Crippen LogP contribution in [0.15, 0.2) is 12.3 Å². The van der Waals surface area contributed by atoms with Gasteiger partial charge in [0.15, 0.2) is 0 Å². The molecule has 1 aliphatic rings. The number of hydrogen-bond acceptors (Lipinski definition) is 6. The van der Waals surface area contributed by atoms with E-state index in [-0.39, 0.29) is 6.61 Å². The van der Waals surface area contributed by atoms with E-state index in [4.69, 9.17) is 4.74 Å². The maximum atomic E-state index is 12.0. The summed E-state index contributed by atoms with van der Waals surface area (Å²) in [7, 11) is 0. The average Bonchev–Trinajstić information content (AvgIpc) is 2.52. The number of anilines is 1. The molecule has 0 aliphatic carbocycles. The SMILES string of the molecule is CCOc1ccnc(N2CCN(CCOCC(F)(F)F)CC2)n1. The second-order valence-corrected chi connectivity index (χ2v) is 5.12. The van der Waals surface area contributed by atoms with Gasteiger partial charge in [0.2, 0.25) is 11.8 Å². The lowest BCUT2D eigenvalue weighted by atomic mass is 10.3. The van der Waals surface area contributed by atoms with Crippen LogP contribution < -0.4 is 9.64 Å². The Bertz CT molecular complexity index is 479. The molecule has 0 saturated carbocycles. The third-order valence-electron chi connectivity index (χ3n) is 3.38. The van der Waals surface area contributed by atoms with E-state index in [1.165, 1.54) is 0 Å². The third kappa shape index (κ3) is 6.19. The van der Waals surface area contributed by atoms with E-state index in [9.17, 15) is 13.2 Å². The number of hydrogen-bond donors (Lipinski definition) is 0. The number of alkyl halides is 3. The molecule has 0 radical (unpaired) electrons. The normalized spacial score (nSPS) is 16.6. The summed E-state index contributed by atoms with van der Waals surface area (Å²) < 4.78 is 45.9. The minimum atomic E-state index is -4.26. The first-order chi connectivity index (χ1) is 11.0. The number of nitrogens with zero attached hydrogens (tertiary/aromatic N) is 4. The van der Waals surface area contributed by atoms with Gasteiger partial charge in [-0.2, -0.15) is 18.2 Å². The largest absolute Gasteiger partial charge is 0.478 e. The van der Waals surface area contributed by atoms with Gasteiger partial charge in [-0.25, -0.2) is 4.98 Å². The minimum absolute atomic E-state index is 0.0792. The number of aromatic nitrogens is 2. The van der Waals surface area contributed by atoms with Crippen molar-refractivity contribution in [2.24, 2.45) is 0 Å². The summed E-state index contributed by atoms with van der Waals surface area (Å²) in [4.78, 5) is 12.7. The highest BCUT2D eigenvalue weighted by atomic mass is 19.4. The quantitative estimate of drug-likeness (QED) is 0.706. The van der Waals surface area contributed by atoms with Gasteiger partial charge in [-0.3, -0.25) is 4.90 Å². The first kappa shape index (κ1) is 17.7. The molecule has 2 rings (SSSR count). The molecule has 1 fully saturated rings. The lowest BCUT2D eigenvalue weighted by Gasteiger charge is -2.34. The fourth-order valence-corrected chi connectivity index (χ4v) is 2.27. The zero-order valence-corrected chi connectivity index (χ0v) is 13.1. The number of piperazine rings is 1. The zero-order valence-electron chi connectivity index (χ0n) is 13.1. The van der Waals surface area contributed by atoms with Crippen LogP contribution in [0.5, 0.6) is 5.88 Å². The predicted molar refractivity (Wildman–Crippen MR) is 78.7 cm³/mol. The van der Waals surface area contributed by atoms with Crippen LogP contribution in [-0.2, 0) is 4.74 Å². The van der Waals surface area contributed by atoms with Gasteiger partial charge in [-0.1, -0.05) is 0 Å². The molecule has 0 N–H and O–H groups in total. The number of halogens is 3. The molecule has 0 atom stereocenters. The van der Waals surface area contributed by atoms with Gasteiger partial charge in [-0.05, 0) is 6.92 Å². The molecule has 1 saturated heterocycles. The Hall–Kier alpha value is -1.61. The molecule has 130 valence electrons. The lowest BCUT2D eigenvalue weighted by molar-refractivity contribution is -0.174. The Labute approximate surface area is 133 Å². The monoisotopic (exact) mass is 334 g/mol. The van der Waals surface area contributed by atoms with Crippen molar-refractivity contribution in [1.29, 1.82) is 0 Å². The fraction of sp³-hybridized carbons (Fsp3) is 0.714. The molecule has 0 aromatic carbocycles. The van der Waals surface area contributed by atoms with Crippen molar-refractivity contribution >= 4 is 5.95 Å². The van der Waals surface area contributed by atoms with Crippen molar-refractivity contribution in [3.05, 3.63) is 12.3 Å². The summed E-state index contributed by atoms with van der Waals surface area (Å²) in [5.74, 6) is 1.16. The summed E-state index contributed by atoms with van der Waals surface area (Å²) >= 11 is 0. The van der Waals surface area contributed by atoms with Gasteiger partial charge in [0.25, 0.3) is 0 Å². The van der Waals surface area contributed by atoms with Gasteiger partial charge < -0.3 is 14.4 Å². The van der Waals surface area contributed by atoms with Crippen molar-refractivity contribution in [1.82, 2.24) is 14.9 Å². The Kier molecular flexibility index (Phi) is 6.40. The minimum Gasteiger partial charge on any atom is -0.478 e. The van der Waals surface area contributed by atoms with E-state index in [1.807, 2.05) is 11.8 Å². The Morgan fingerprint density at radius 3 is 2.61 bits per heavy atom. The van der Waals surface area contributed by atoms with Crippen LogP contribution in [-0.4, -0.2) is 73.6 Å². The molecule has 9 heteroatoms. The Morgan fingerprint density at radius 1 is 1.22 bits per heavy atom. The summed E-state index contributed by atoms with van der Waals surface area (Å²) in [5, 5.41) is 0. The molecule has 1 aromatic rings. The van der Waals surface area contributed by atoms with Crippen LogP contribution in [0.4, 0.5) is 19.1 Å². The maximum Gasteiger partial charge on any atom is 0.411 e. The van der Waals surface area contributed by atoms with Gasteiger partial charge in [0.1, 0.15) is 6.61 Å². The van der Waals surface area contributed by atoms with Crippen molar-refractivity contribution in [2.45, 2.75) is 13.1 Å². The predicted octanol–water partition coefficient (Wildman–Crippen LogP) is 1.58. The van der Waals surface area contributed by atoms with Crippen molar-refractivity contribution in [2.75, 3.05) is 57.4 Å².